The number of anilines is 3. The fourth-order valence-electron chi connectivity index (χ4n) is 2.71. The molecule has 4 rings (SSSR count). The number of carbonyl (C=O) groups is 1. The first kappa shape index (κ1) is 19.6. The van der Waals surface area contributed by atoms with Crippen molar-refractivity contribution in [3.8, 4) is 11.3 Å². The molecule has 0 atom stereocenters. The van der Waals surface area contributed by atoms with Crippen LogP contribution in [0.25, 0.3) is 11.3 Å². The Labute approximate surface area is 185 Å². The van der Waals surface area contributed by atoms with Gasteiger partial charge in [0, 0.05) is 37.4 Å². The summed E-state index contributed by atoms with van der Waals surface area (Å²) >= 11 is 10.9. The highest BCUT2D eigenvalue weighted by Crippen LogP contribution is 2.28. The molecule has 1 aromatic heterocycles. The summed E-state index contributed by atoms with van der Waals surface area (Å²) in [6.07, 6.45) is 0. The molecule has 29 heavy (non-hydrogen) atoms. The van der Waals surface area contributed by atoms with Gasteiger partial charge in [-0.2, -0.15) is 0 Å². The molecule has 0 aliphatic heterocycles. The van der Waals surface area contributed by atoms with Gasteiger partial charge in [0.2, 0.25) is 0 Å². The average Bonchev–Trinajstić information content (AvgIpc) is 3.17. The van der Waals surface area contributed by atoms with E-state index in [1.807, 2.05) is 66.0 Å². The van der Waals surface area contributed by atoms with Crippen molar-refractivity contribution >= 4 is 61.3 Å². The van der Waals surface area contributed by atoms with Crippen LogP contribution in [0.15, 0.2) is 82.6 Å². The van der Waals surface area contributed by atoms with Crippen molar-refractivity contribution < 1.29 is 4.79 Å². The fourth-order valence-corrected chi connectivity index (χ4v) is 4.04. The number of carbonyl (C=O) groups excluding carboxylic acids is 1. The summed E-state index contributed by atoms with van der Waals surface area (Å²) in [6.45, 7) is 0. The topological polar surface area (TPSA) is 54.0 Å². The first-order valence-corrected chi connectivity index (χ1v) is 10.8. The van der Waals surface area contributed by atoms with Crippen LogP contribution in [0.3, 0.4) is 0 Å². The third kappa shape index (κ3) is 5.03. The van der Waals surface area contributed by atoms with Crippen molar-refractivity contribution in [2.45, 2.75) is 0 Å². The lowest BCUT2D eigenvalue weighted by molar-refractivity contribution is 0.102. The molecule has 0 bridgehead atoms. The summed E-state index contributed by atoms with van der Waals surface area (Å²) in [7, 11) is 0. The molecule has 0 aliphatic carbocycles. The van der Waals surface area contributed by atoms with Gasteiger partial charge in [-0.25, -0.2) is 4.98 Å². The summed E-state index contributed by atoms with van der Waals surface area (Å²) in [6, 6.07) is 22.4. The maximum absolute atomic E-state index is 12.4. The Kier molecular flexibility index (Phi) is 5.94. The second kappa shape index (κ2) is 8.78. The lowest BCUT2D eigenvalue weighted by Gasteiger charge is -2.06. The number of hydrogen-bond acceptors (Lipinski definition) is 4. The number of halogens is 2. The zero-order valence-corrected chi connectivity index (χ0v) is 18.2. The van der Waals surface area contributed by atoms with Gasteiger partial charge in [0.15, 0.2) is 5.13 Å². The molecule has 0 saturated heterocycles. The van der Waals surface area contributed by atoms with Gasteiger partial charge in [-0.1, -0.05) is 51.8 Å². The molecule has 4 aromatic rings. The summed E-state index contributed by atoms with van der Waals surface area (Å²) in [4.78, 5) is 17.0. The SMILES string of the molecule is O=C(Nc1ccc(-c2csc(Nc3cccc(Cl)c3)n2)cc1)c1cccc(Br)c1. The van der Waals surface area contributed by atoms with Crippen LogP contribution in [0.1, 0.15) is 10.4 Å². The standard InChI is InChI=1S/C22H15BrClN3OS/c23-16-4-1-3-15(11-16)21(28)25-18-9-7-14(8-10-18)20-13-29-22(27-20)26-19-6-2-5-17(24)12-19/h1-13H,(H,25,28)(H,26,27). The largest absolute Gasteiger partial charge is 0.331 e. The molecule has 4 nitrogen and oxygen atoms in total. The Morgan fingerprint density at radius 3 is 2.52 bits per heavy atom. The highest BCUT2D eigenvalue weighted by atomic mass is 79.9. The molecule has 0 unspecified atom stereocenters. The van der Waals surface area contributed by atoms with E-state index in [2.05, 4.69) is 31.5 Å². The van der Waals surface area contributed by atoms with E-state index in [0.717, 1.165) is 32.2 Å². The second-order valence-corrected chi connectivity index (χ2v) is 8.43. The summed E-state index contributed by atoms with van der Waals surface area (Å²) in [5.74, 6) is -0.152. The molecule has 0 fully saturated rings. The van der Waals surface area contributed by atoms with E-state index in [1.54, 1.807) is 12.1 Å². The van der Waals surface area contributed by atoms with Gasteiger partial charge in [-0.3, -0.25) is 4.79 Å². The van der Waals surface area contributed by atoms with Crippen LogP contribution in [0.4, 0.5) is 16.5 Å². The molecule has 0 aliphatic rings. The number of aromatic nitrogens is 1. The van der Waals surface area contributed by atoms with Gasteiger partial charge < -0.3 is 10.6 Å². The minimum Gasteiger partial charge on any atom is -0.331 e. The van der Waals surface area contributed by atoms with Crippen molar-refractivity contribution in [3.05, 3.63) is 93.2 Å². The van der Waals surface area contributed by atoms with Gasteiger partial charge in [-0.05, 0) is 48.5 Å². The normalized spacial score (nSPS) is 10.6. The minimum absolute atomic E-state index is 0.152. The number of hydrogen-bond donors (Lipinski definition) is 2. The lowest BCUT2D eigenvalue weighted by atomic mass is 10.1. The quantitative estimate of drug-likeness (QED) is 0.314. The van der Waals surface area contributed by atoms with E-state index in [4.69, 9.17) is 11.6 Å². The predicted octanol–water partition coefficient (Wildman–Crippen LogP) is 7.22. The summed E-state index contributed by atoms with van der Waals surface area (Å²) in [5, 5.41) is 9.61. The van der Waals surface area contributed by atoms with Crippen LogP contribution in [-0.4, -0.2) is 10.9 Å². The average molecular weight is 485 g/mol. The predicted molar refractivity (Wildman–Crippen MR) is 124 cm³/mol. The van der Waals surface area contributed by atoms with Crippen LogP contribution in [0.5, 0.6) is 0 Å². The highest BCUT2D eigenvalue weighted by Gasteiger charge is 2.08. The third-order valence-electron chi connectivity index (χ3n) is 4.11. The number of nitrogens with zero attached hydrogens (tertiary/aromatic N) is 1. The maximum atomic E-state index is 12.4. The van der Waals surface area contributed by atoms with Crippen molar-refractivity contribution in [2.24, 2.45) is 0 Å². The molecule has 0 saturated carbocycles. The van der Waals surface area contributed by atoms with Crippen molar-refractivity contribution in [2.75, 3.05) is 10.6 Å². The first-order chi connectivity index (χ1) is 14.1. The molecule has 0 spiro atoms. The zero-order chi connectivity index (χ0) is 20.2. The monoisotopic (exact) mass is 483 g/mol. The van der Waals surface area contributed by atoms with Gasteiger partial charge >= 0.3 is 0 Å². The number of rotatable bonds is 5. The highest BCUT2D eigenvalue weighted by molar-refractivity contribution is 9.10. The number of amides is 1. The molecule has 144 valence electrons. The van der Waals surface area contributed by atoms with E-state index in [-0.39, 0.29) is 5.91 Å². The Bertz CT molecular complexity index is 1160. The van der Waals surface area contributed by atoms with E-state index in [0.29, 0.717) is 10.6 Å². The first-order valence-electron chi connectivity index (χ1n) is 8.72. The lowest BCUT2D eigenvalue weighted by Crippen LogP contribution is -2.11. The Balaban J connectivity index is 1.44. The summed E-state index contributed by atoms with van der Waals surface area (Å²) in [5.41, 5.74) is 4.06. The molecule has 7 heteroatoms. The van der Waals surface area contributed by atoms with Gasteiger partial charge in [0.05, 0.1) is 5.69 Å². The fraction of sp³-hybridized carbons (Fsp3) is 0. The zero-order valence-electron chi connectivity index (χ0n) is 15.0. The van der Waals surface area contributed by atoms with E-state index in [1.165, 1.54) is 11.3 Å². The van der Waals surface area contributed by atoms with E-state index in [9.17, 15) is 4.79 Å². The van der Waals surface area contributed by atoms with Gasteiger partial charge in [-0.15, -0.1) is 11.3 Å². The Morgan fingerprint density at radius 2 is 1.76 bits per heavy atom. The molecule has 0 radical (unpaired) electrons. The van der Waals surface area contributed by atoms with Crippen LogP contribution >= 0.6 is 38.9 Å². The van der Waals surface area contributed by atoms with Gasteiger partial charge in [0.1, 0.15) is 0 Å². The van der Waals surface area contributed by atoms with Gasteiger partial charge in [0.25, 0.3) is 5.91 Å². The third-order valence-corrected chi connectivity index (χ3v) is 5.59. The molecule has 3 aromatic carbocycles. The maximum Gasteiger partial charge on any atom is 0.255 e. The van der Waals surface area contributed by atoms with Crippen LogP contribution in [-0.2, 0) is 0 Å². The number of benzene rings is 3. The van der Waals surface area contributed by atoms with Crippen LogP contribution < -0.4 is 10.6 Å². The molecular weight excluding hydrogens is 470 g/mol. The van der Waals surface area contributed by atoms with E-state index < -0.39 is 0 Å². The Hall–Kier alpha value is -2.67. The van der Waals surface area contributed by atoms with Crippen molar-refractivity contribution in [1.82, 2.24) is 4.98 Å². The molecule has 1 amide bonds. The van der Waals surface area contributed by atoms with Crippen molar-refractivity contribution in [1.29, 1.82) is 0 Å². The Morgan fingerprint density at radius 1 is 0.966 bits per heavy atom. The molecular formula is C22H15BrClN3OS. The minimum atomic E-state index is -0.152. The second-order valence-electron chi connectivity index (χ2n) is 6.22. The van der Waals surface area contributed by atoms with Crippen molar-refractivity contribution in [3.63, 3.8) is 0 Å². The van der Waals surface area contributed by atoms with E-state index >= 15 is 0 Å². The number of nitrogens with one attached hydrogen (secondary N) is 2. The van der Waals surface area contributed by atoms with Crippen LogP contribution in [0, 0.1) is 0 Å². The molecule has 1 heterocycles. The number of thiazole rings is 1. The molecule has 2 N–H and O–H groups in total. The smallest absolute Gasteiger partial charge is 0.255 e. The van der Waals surface area contributed by atoms with Crippen LogP contribution in [0.2, 0.25) is 5.02 Å². The summed E-state index contributed by atoms with van der Waals surface area (Å²) < 4.78 is 0.867.